The highest BCUT2D eigenvalue weighted by molar-refractivity contribution is 7.99. The van der Waals surface area contributed by atoms with Crippen LogP contribution in [0.4, 0.5) is 11.5 Å². The highest BCUT2D eigenvalue weighted by atomic mass is 32.2. The molecule has 10 heteroatoms. The summed E-state index contributed by atoms with van der Waals surface area (Å²) in [5.74, 6) is 2.93. The van der Waals surface area contributed by atoms with Crippen molar-refractivity contribution < 1.29 is 14.4 Å². The van der Waals surface area contributed by atoms with Gasteiger partial charge in [0, 0.05) is 80.8 Å². The number of carbonyl (C=O) groups excluding carboxylic acids is 3. The number of nitrogens with zero attached hydrogens (tertiary/aromatic N) is 5. The molecule has 0 unspecified atom stereocenters. The first kappa shape index (κ1) is 27.3. The molecule has 0 saturated carbocycles. The molecule has 3 aliphatic rings. The van der Waals surface area contributed by atoms with Gasteiger partial charge in [0.25, 0.3) is 11.8 Å². The van der Waals surface area contributed by atoms with Crippen molar-refractivity contribution in [3.8, 4) is 0 Å². The molecule has 3 fully saturated rings. The van der Waals surface area contributed by atoms with Crippen LogP contribution in [0.1, 0.15) is 47.4 Å². The minimum Gasteiger partial charge on any atom is -0.380 e. The molecule has 3 amide bonds. The highest BCUT2D eigenvalue weighted by Gasteiger charge is 2.32. The number of piperidine rings is 1. The minimum atomic E-state index is -0.0357. The van der Waals surface area contributed by atoms with Crippen LogP contribution in [0, 0.1) is 5.92 Å². The first-order valence-electron chi connectivity index (χ1n) is 13.9. The van der Waals surface area contributed by atoms with Gasteiger partial charge in [0.05, 0.1) is 11.6 Å². The molecule has 4 heterocycles. The molecule has 0 atom stereocenters. The topological polar surface area (TPSA) is 89.1 Å². The number of hydrogen-bond acceptors (Lipinski definition) is 7. The van der Waals surface area contributed by atoms with E-state index in [1.807, 2.05) is 26.8 Å². The van der Waals surface area contributed by atoms with Crippen molar-refractivity contribution in [3.05, 3.63) is 53.7 Å². The third-order valence-corrected chi connectivity index (χ3v) is 8.64. The van der Waals surface area contributed by atoms with Crippen LogP contribution >= 0.6 is 11.8 Å². The number of nitrogens with one attached hydrogen (secondary N) is 1. The van der Waals surface area contributed by atoms with E-state index in [1.165, 1.54) is 0 Å². The van der Waals surface area contributed by atoms with Crippen LogP contribution in [-0.2, 0) is 4.79 Å². The van der Waals surface area contributed by atoms with E-state index < -0.39 is 0 Å². The summed E-state index contributed by atoms with van der Waals surface area (Å²) in [5.41, 5.74) is 2.18. The average molecular weight is 551 g/mol. The second-order valence-corrected chi connectivity index (χ2v) is 11.8. The molecule has 0 radical (unpaired) electrons. The quantitative estimate of drug-likeness (QED) is 0.591. The summed E-state index contributed by atoms with van der Waals surface area (Å²) < 4.78 is 0. The van der Waals surface area contributed by atoms with E-state index >= 15 is 0 Å². The number of anilines is 2. The molecule has 0 aliphatic carbocycles. The molecule has 39 heavy (non-hydrogen) atoms. The summed E-state index contributed by atoms with van der Waals surface area (Å²) in [4.78, 5) is 51.4. The molecule has 3 aliphatic heterocycles. The lowest BCUT2D eigenvalue weighted by atomic mass is 9.95. The monoisotopic (exact) mass is 550 g/mol. The number of benzene rings is 1. The Morgan fingerprint density at radius 1 is 0.846 bits per heavy atom. The Morgan fingerprint density at radius 2 is 1.46 bits per heavy atom. The predicted molar refractivity (Wildman–Crippen MR) is 155 cm³/mol. The Balaban J connectivity index is 1.13. The van der Waals surface area contributed by atoms with Crippen molar-refractivity contribution in [2.24, 2.45) is 5.92 Å². The Bertz CT molecular complexity index is 1170. The number of rotatable bonds is 6. The van der Waals surface area contributed by atoms with E-state index in [0.29, 0.717) is 69.3 Å². The van der Waals surface area contributed by atoms with Crippen molar-refractivity contribution in [2.75, 3.05) is 67.7 Å². The van der Waals surface area contributed by atoms with E-state index in [4.69, 9.17) is 0 Å². The van der Waals surface area contributed by atoms with Gasteiger partial charge in [0.2, 0.25) is 5.91 Å². The molecular weight excluding hydrogens is 512 g/mol. The maximum atomic E-state index is 13.2. The van der Waals surface area contributed by atoms with Crippen LogP contribution in [0.3, 0.4) is 0 Å². The minimum absolute atomic E-state index is 0.0175. The van der Waals surface area contributed by atoms with Gasteiger partial charge in [-0.25, -0.2) is 4.98 Å². The molecule has 0 bridgehead atoms. The number of likely N-dealkylation sites (tertiary alicyclic amines) is 1. The Morgan fingerprint density at radius 3 is 2.03 bits per heavy atom. The fourth-order valence-electron chi connectivity index (χ4n) is 5.49. The van der Waals surface area contributed by atoms with Gasteiger partial charge in [0.15, 0.2) is 5.82 Å². The van der Waals surface area contributed by atoms with E-state index in [0.717, 1.165) is 29.7 Å². The predicted octanol–water partition coefficient (Wildman–Crippen LogP) is 3.25. The summed E-state index contributed by atoms with van der Waals surface area (Å²) in [6, 6.07) is 11.3. The molecule has 3 saturated heterocycles. The van der Waals surface area contributed by atoms with Gasteiger partial charge in [0.1, 0.15) is 0 Å². The lowest BCUT2D eigenvalue weighted by Crippen LogP contribution is -2.49. The number of aromatic nitrogens is 1. The van der Waals surface area contributed by atoms with Gasteiger partial charge in [-0.05, 0) is 63.1 Å². The Kier molecular flexibility index (Phi) is 8.60. The standard InChI is InChI=1S/C29H38N6O3S/c1-21(2)31-25-4-3-11-30-26(25)32-14-16-34(17-15-32)28(37)23-7-5-22(6-8-23)27(36)33-12-9-24(10-13-33)29(38)35-18-19-39-20-35/h3-8,11,21,24,31H,9-10,12-20H2,1-2H3. The van der Waals surface area contributed by atoms with Crippen molar-refractivity contribution in [1.82, 2.24) is 19.7 Å². The van der Waals surface area contributed by atoms with Gasteiger partial charge in [-0.1, -0.05) is 0 Å². The molecule has 9 nitrogen and oxygen atoms in total. The average Bonchev–Trinajstić information content (AvgIpc) is 3.52. The molecular formula is C29H38N6O3S. The van der Waals surface area contributed by atoms with Crippen LogP contribution in [0.15, 0.2) is 42.6 Å². The van der Waals surface area contributed by atoms with E-state index in [1.54, 1.807) is 42.2 Å². The first-order chi connectivity index (χ1) is 18.9. The molecule has 0 spiro atoms. The molecule has 1 aromatic heterocycles. The third kappa shape index (κ3) is 6.32. The Hall–Kier alpha value is -3.27. The molecule has 2 aromatic rings. The second-order valence-electron chi connectivity index (χ2n) is 10.7. The number of pyridine rings is 1. The maximum absolute atomic E-state index is 13.2. The van der Waals surface area contributed by atoms with Crippen molar-refractivity contribution in [2.45, 2.75) is 32.7 Å². The van der Waals surface area contributed by atoms with E-state index in [9.17, 15) is 14.4 Å². The number of piperazine rings is 1. The van der Waals surface area contributed by atoms with Crippen molar-refractivity contribution >= 4 is 41.0 Å². The molecule has 1 N–H and O–H groups in total. The summed E-state index contributed by atoms with van der Waals surface area (Å²) >= 11 is 1.80. The van der Waals surface area contributed by atoms with Crippen LogP contribution in [0.2, 0.25) is 0 Å². The maximum Gasteiger partial charge on any atom is 0.253 e. The summed E-state index contributed by atoms with van der Waals surface area (Å²) in [7, 11) is 0. The smallest absolute Gasteiger partial charge is 0.253 e. The Labute approximate surface area is 234 Å². The van der Waals surface area contributed by atoms with Crippen LogP contribution in [0.25, 0.3) is 0 Å². The number of thioether (sulfide) groups is 1. The molecule has 208 valence electrons. The first-order valence-corrected chi connectivity index (χ1v) is 15.1. The van der Waals surface area contributed by atoms with Gasteiger partial charge in [-0.2, -0.15) is 0 Å². The van der Waals surface area contributed by atoms with Crippen LogP contribution in [-0.4, -0.2) is 101 Å². The van der Waals surface area contributed by atoms with E-state index in [-0.39, 0.29) is 23.6 Å². The number of hydrogen-bond donors (Lipinski definition) is 1. The lowest BCUT2D eigenvalue weighted by Gasteiger charge is -2.36. The zero-order valence-electron chi connectivity index (χ0n) is 22.8. The normalized spacial score (nSPS) is 18.5. The SMILES string of the molecule is CC(C)Nc1cccnc1N1CCN(C(=O)c2ccc(C(=O)N3CCC(C(=O)N4CCSC4)CC3)cc2)CC1. The zero-order chi connectivity index (χ0) is 27.4. The van der Waals surface area contributed by atoms with Gasteiger partial charge in [-0.3, -0.25) is 14.4 Å². The third-order valence-electron chi connectivity index (χ3n) is 7.67. The fourth-order valence-corrected chi connectivity index (χ4v) is 6.45. The number of amides is 3. The summed E-state index contributed by atoms with van der Waals surface area (Å²) in [6.07, 6.45) is 3.22. The largest absolute Gasteiger partial charge is 0.380 e. The van der Waals surface area contributed by atoms with Crippen LogP contribution in [0.5, 0.6) is 0 Å². The molecule has 5 rings (SSSR count). The fraction of sp³-hybridized carbons (Fsp3) is 0.517. The summed E-state index contributed by atoms with van der Waals surface area (Å²) in [5, 5.41) is 3.45. The van der Waals surface area contributed by atoms with Gasteiger partial charge in [-0.15, -0.1) is 11.8 Å². The lowest BCUT2D eigenvalue weighted by molar-refractivity contribution is -0.135. The van der Waals surface area contributed by atoms with Crippen molar-refractivity contribution in [1.29, 1.82) is 0 Å². The van der Waals surface area contributed by atoms with Gasteiger partial charge < -0.3 is 24.9 Å². The summed E-state index contributed by atoms with van der Waals surface area (Å²) in [6.45, 7) is 8.87. The zero-order valence-corrected chi connectivity index (χ0v) is 23.7. The van der Waals surface area contributed by atoms with E-state index in [2.05, 4.69) is 29.0 Å². The molecule has 1 aromatic carbocycles. The highest BCUT2D eigenvalue weighted by Crippen LogP contribution is 2.26. The van der Waals surface area contributed by atoms with Crippen molar-refractivity contribution in [3.63, 3.8) is 0 Å². The van der Waals surface area contributed by atoms with Crippen LogP contribution < -0.4 is 10.2 Å². The number of carbonyl (C=O) groups is 3. The van der Waals surface area contributed by atoms with Gasteiger partial charge >= 0.3 is 0 Å². The second kappa shape index (κ2) is 12.3.